The van der Waals surface area contributed by atoms with Crippen LogP contribution in [0.25, 0.3) is 0 Å². The van der Waals surface area contributed by atoms with Gasteiger partial charge in [-0.3, -0.25) is 0 Å². The zero-order valence-corrected chi connectivity index (χ0v) is 13.4. The highest BCUT2D eigenvalue weighted by molar-refractivity contribution is 7.91. The number of ether oxygens (including phenoxy) is 1. The second kappa shape index (κ2) is 5.94. The molecule has 6 nitrogen and oxygen atoms in total. The Morgan fingerprint density at radius 3 is 2.24 bits per heavy atom. The molecule has 118 valence electrons. The van der Waals surface area contributed by atoms with Crippen LogP contribution in [-0.2, 0) is 19.9 Å². The van der Waals surface area contributed by atoms with Gasteiger partial charge in [-0.2, -0.15) is 0 Å². The predicted octanol–water partition coefficient (Wildman–Crippen LogP) is 1.07. The zero-order valence-electron chi connectivity index (χ0n) is 11.7. The molecular formula is C13H19NO5S2. The molecule has 1 aromatic carbocycles. The highest BCUT2D eigenvalue weighted by atomic mass is 32.2. The van der Waals surface area contributed by atoms with Gasteiger partial charge in [-0.05, 0) is 43.5 Å². The molecule has 0 spiro atoms. The van der Waals surface area contributed by atoms with Gasteiger partial charge >= 0.3 is 0 Å². The normalized spacial score (nSPS) is 23.7. The molecule has 2 atom stereocenters. The van der Waals surface area contributed by atoms with Gasteiger partial charge in [0.2, 0.25) is 10.0 Å². The van der Waals surface area contributed by atoms with Crippen LogP contribution in [0.4, 0.5) is 0 Å². The molecule has 1 aliphatic rings. The van der Waals surface area contributed by atoms with Crippen LogP contribution in [0.3, 0.4) is 0 Å². The lowest BCUT2D eigenvalue weighted by atomic mass is 9.97. The number of hydrogen-bond acceptors (Lipinski definition) is 5. The first-order valence-electron chi connectivity index (χ1n) is 6.64. The van der Waals surface area contributed by atoms with E-state index in [0.29, 0.717) is 18.6 Å². The van der Waals surface area contributed by atoms with Crippen LogP contribution < -0.4 is 9.88 Å². The van der Waals surface area contributed by atoms with E-state index < -0.39 is 19.9 Å². The number of primary sulfonamides is 1. The topological polar surface area (TPSA) is 104 Å². The summed E-state index contributed by atoms with van der Waals surface area (Å²) in [4.78, 5) is 0.0208. The smallest absolute Gasteiger partial charge is 0.238 e. The minimum atomic E-state index is -3.72. The van der Waals surface area contributed by atoms with Gasteiger partial charge in [-0.25, -0.2) is 22.0 Å². The Labute approximate surface area is 125 Å². The Morgan fingerprint density at radius 1 is 1.10 bits per heavy atom. The summed E-state index contributed by atoms with van der Waals surface area (Å²) in [7, 11) is -6.77. The average molecular weight is 333 g/mol. The number of rotatable bonds is 4. The highest BCUT2D eigenvalue weighted by Gasteiger charge is 2.29. The third kappa shape index (κ3) is 4.42. The minimum Gasteiger partial charge on any atom is -0.490 e. The molecule has 0 heterocycles. The molecule has 8 heteroatoms. The average Bonchev–Trinajstić information content (AvgIpc) is 2.37. The second-order valence-electron chi connectivity index (χ2n) is 5.37. The summed E-state index contributed by atoms with van der Waals surface area (Å²) in [6.07, 6.45) is 3.82. The Bertz CT molecular complexity index is 695. The summed E-state index contributed by atoms with van der Waals surface area (Å²) < 4.78 is 51.3. The molecule has 2 N–H and O–H groups in total. The number of benzene rings is 1. The van der Waals surface area contributed by atoms with Crippen molar-refractivity contribution >= 4 is 19.9 Å². The Balaban J connectivity index is 2.05. The summed E-state index contributed by atoms with van der Waals surface area (Å²) in [5, 5.41) is 4.66. The van der Waals surface area contributed by atoms with Crippen molar-refractivity contribution in [2.24, 2.45) is 5.14 Å². The molecule has 0 saturated heterocycles. The van der Waals surface area contributed by atoms with Crippen molar-refractivity contribution in [3.8, 4) is 5.75 Å². The monoisotopic (exact) mass is 333 g/mol. The van der Waals surface area contributed by atoms with Gasteiger partial charge < -0.3 is 4.74 Å². The van der Waals surface area contributed by atoms with Gasteiger partial charge in [0.1, 0.15) is 15.6 Å². The van der Waals surface area contributed by atoms with Crippen molar-refractivity contribution < 1.29 is 21.6 Å². The van der Waals surface area contributed by atoms with Crippen molar-refractivity contribution in [2.45, 2.75) is 41.9 Å². The maximum Gasteiger partial charge on any atom is 0.238 e. The van der Waals surface area contributed by atoms with E-state index in [0.717, 1.165) is 12.8 Å². The fourth-order valence-electron chi connectivity index (χ4n) is 2.50. The van der Waals surface area contributed by atoms with Crippen LogP contribution in [-0.4, -0.2) is 34.4 Å². The van der Waals surface area contributed by atoms with Gasteiger partial charge in [0.25, 0.3) is 0 Å². The first kappa shape index (κ1) is 16.3. The van der Waals surface area contributed by atoms with Crippen molar-refractivity contribution in [1.82, 2.24) is 0 Å². The molecule has 0 aromatic heterocycles. The molecule has 0 amide bonds. The van der Waals surface area contributed by atoms with Gasteiger partial charge in [0.15, 0.2) is 0 Å². The number of hydrogen-bond donors (Lipinski definition) is 1. The number of sulfonamides is 1. The fourth-order valence-corrected chi connectivity index (χ4v) is 4.17. The van der Waals surface area contributed by atoms with Crippen LogP contribution in [0.5, 0.6) is 5.75 Å². The minimum absolute atomic E-state index is 0.0208. The quantitative estimate of drug-likeness (QED) is 0.887. The van der Waals surface area contributed by atoms with Crippen LogP contribution in [0.2, 0.25) is 0 Å². The lowest BCUT2D eigenvalue weighted by Crippen LogP contribution is -2.33. The molecule has 0 aliphatic heterocycles. The van der Waals surface area contributed by atoms with Crippen molar-refractivity contribution in [1.29, 1.82) is 0 Å². The van der Waals surface area contributed by atoms with Gasteiger partial charge in [0.05, 0.1) is 16.2 Å². The van der Waals surface area contributed by atoms with Crippen LogP contribution >= 0.6 is 0 Å². The third-order valence-electron chi connectivity index (χ3n) is 3.64. The third-order valence-corrected chi connectivity index (χ3v) is 6.21. The fraction of sp³-hybridized carbons (Fsp3) is 0.538. The Morgan fingerprint density at radius 2 is 1.71 bits per heavy atom. The van der Waals surface area contributed by atoms with Crippen LogP contribution in [0.1, 0.15) is 25.7 Å². The highest BCUT2D eigenvalue weighted by Crippen LogP contribution is 2.27. The SMILES string of the molecule is CS(=O)(=O)C1CCCC(Oc2ccc(S(N)(=O)=O)cc2)C1. The molecule has 1 fully saturated rings. The summed E-state index contributed by atoms with van der Waals surface area (Å²) in [5.41, 5.74) is 0. The lowest BCUT2D eigenvalue weighted by Gasteiger charge is -2.28. The van der Waals surface area contributed by atoms with Crippen molar-refractivity contribution in [3.05, 3.63) is 24.3 Å². The van der Waals surface area contributed by atoms with Gasteiger partial charge in [-0.15, -0.1) is 0 Å². The molecular weight excluding hydrogens is 314 g/mol. The van der Waals surface area contributed by atoms with E-state index in [4.69, 9.17) is 9.88 Å². The first-order chi connectivity index (χ1) is 9.66. The van der Waals surface area contributed by atoms with Gasteiger partial charge in [0, 0.05) is 12.7 Å². The molecule has 1 saturated carbocycles. The molecule has 2 unspecified atom stereocenters. The van der Waals surface area contributed by atoms with Crippen LogP contribution in [0, 0.1) is 0 Å². The second-order valence-corrected chi connectivity index (χ2v) is 9.26. The van der Waals surface area contributed by atoms with E-state index in [-0.39, 0.29) is 16.2 Å². The standard InChI is InChI=1S/C13H19NO5S2/c1-20(15,16)13-4-2-3-11(9-13)19-10-5-7-12(8-6-10)21(14,17)18/h5-8,11,13H,2-4,9H2,1H3,(H2,14,17,18). The first-order valence-corrected chi connectivity index (χ1v) is 10.1. The maximum absolute atomic E-state index is 11.6. The van der Waals surface area contributed by atoms with Gasteiger partial charge in [-0.1, -0.05) is 0 Å². The van der Waals surface area contributed by atoms with E-state index in [1.165, 1.54) is 30.5 Å². The lowest BCUT2D eigenvalue weighted by molar-refractivity contribution is 0.156. The Kier molecular flexibility index (Phi) is 4.60. The van der Waals surface area contributed by atoms with E-state index >= 15 is 0 Å². The van der Waals surface area contributed by atoms with Crippen molar-refractivity contribution in [2.75, 3.05) is 6.26 Å². The molecule has 21 heavy (non-hydrogen) atoms. The number of nitrogens with two attached hydrogens (primary N) is 1. The molecule has 0 bridgehead atoms. The summed E-state index contributed by atoms with van der Waals surface area (Å²) in [5.74, 6) is 0.515. The summed E-state index contributed by atoms with van der Waals surface area (Å²) in [6, 6.07) is 5.82. The summed E-state index contributed by atoms with van der Waals surface area (Å²) >= 11 is 0. The Hall–Kier alpha value is -1.12. The maximum atomic E-state index is 11.6. The van der Waals surface area contributed by atoms with Crippen LogP contribution in [0.15, 0.2) is 29.2 Å². The van der Waals surface area contributed by atoms with Crippen molar-refractivity contribution in [3.63, 3.8) is 0 Å². The van der Waals surface area contributed by atoms with E-state index in [9.17, 15) is 16.8 Å². The largest absolute Gasteiger partial charge is 0.490 e. The molecule has 2 rings (SSSR count). The molecule has 0 radical (unpaired) electrons. The van der Waals surface area contributed by atoms with E-state index in [1.807, 2.05) is 0 Å². The molecule has 1 aliphatic carbocycles. The summed E-state index contributed by atoms with van der Waals surface area (Å²) in [6.45, 7) is 0. The van der Waals surface area contributed by atoms with E-state index in [1.54, 1.807) is 0 Å². The number of sulfone groups is 1. The predicted molar refractivity (Wildman–Crippen MR) is 79.3 cm³/mol. The zero-order chi connectivity index (χ0) is 15.7. The molecule has 1 aromatic rings. The van der Waals surface area contributed by atoms with E-state index in [2.05, 4.69) is 0 Å².